The molecule has 0 saturated carbocycles. The maximum absolute atomic E-state index is 11.6. The van der Waals surface area contributed by atoms with E-state index in [2.05, 4.69) is 35.9 Å². The van der Waals surface area contributed by atoms with Crippen LogP contribution in [0.3, 0.4) is 0 Å². The summed E-state index contributed by atoms with van der Waals surface area (Å²) in [6.07, 6.45) is 1.85. The predicted octanol–water partition coefficient (Wildman–Crippen LogP) is 2.02. The van der Waals surface area contributed by atoms with Crippen LogP contribution in [0.5, 0.6) is 0 Å². The number of nitrogens with one attached hydrogen (secondary N) is 1. The fourth-order valence-electron chi connectivity index (χ4n) is 2.85. The van der Waals surface area contributed by atoms with E-state index in [0.717, 1.165) is 44.7 Å². The lowest BCUT2D eigenvalue weighted by Crippen LogP contribution is -2.36. The largest absolute Gasteiger partial charge is 0.450 e. The maximum atomic E-state index is 11.6. The lowest BCUT2D eigenvalue weighted by atomic mass is 10.2. The van der Waals surface area contributed by atoms with Crippen molar-refractivity contribution in [3.8, 4) is 0 Å². The van der Waals surface area contributed by atoms with Gasteiger partial charge in [0.05, 0.1) is 12.3 Å². The molecular formula is C16H28N4O2. The van der Waals surface area contributed by atoms with Crippen LogP contribution in [0, 0.1) is 20.8 Å². The molecule has 1 aromatic rings. The van der Waals surface area contributed by atoms with Crippen LogP contribution in [0.25, 0.3) is 0 Å². The van der Waals surface area contributed by atoms with Crippen LogP contribution in [0.1, 0.15) is 36.7 Å². The number of aromatic nitrogens is 2. The van der Waals surface area contributed by atoms with Crippen LogP contribution >= 0.6 is 0 Å². The smallest absolute Gasteiger partial charge is 0.409 e. The topological polar surface area (TPSA) is 59.4 Å². The van der Waals surface area contributed by atoms with E-state index in [9.17, 15) is 4.79 Å². The standard InChI is InChI=1S/C16H28N4O2/c1-5-22-16(21)19-10-7-15(11-19)17-8-6-9-20-14(4)12(2)13(3)18-20/h15,17H,5-11H2,1-4H3. The van der Waals surface area contributed by atoms with Gasteiger partial charge < -0.3 is 15.0 Å². The van der Waals surface area contributed by atoms with E-state index in [0.29, 0.717) is 12.6 Å². The highest BCUT2D eigenvalue weighted by Gasteiger charge is 2.26. The van der Waals surface area contributed by atoms with Crippen LogP contribution in [0.2, 0.25) is 0 Å². The molecule has 1 atom stereocenters. The minimum atomic E-state index is -0.190. The Morgan fingerprint density at radius 2 is 2.18 bits per heavy atom. The fourth-order valence-corrected chi connectivity index (χ4v) is 2.85. The van der Waals surface area contributed by atoms with E-state index in [1.54, 1.807) is 4.90 Å². The SMILES string of the molecule is CCOC(=O)N1CCC(NCCCn2nc(C)c(C)c2C)C1. The van der Waals surface area contributed by atoms with Gasteiger partial charge in [-0.1, -0.05) is 0 Å². The van der Waals surface area contributed by atoms with Gasteiger partial charge in [-0.2, -0.15) is 5.10 Å². The number of hydrogen-bond donors (Lipinski definition) is 1. The summed E-state index contributed by atoms with van der Waals surface area (Å²) in [5.74, 6) is 0. The highest BCUT2D eigenvalue weighted by atomic mass is 16.6. The van der Waals surface area contributed by atoms with E-state index in [-0.39, 0.29) is 6.09 Å². The summed E-state index contributed by atoms with van der Waals surface area (Å²) in [5, 5.41) is 8.08. The molecule has 1 unspecified atom stereocenters. The van der Waals surface area contributed by atoms with Gasteiger partial charge in [-0.05, 0) is 52.6 Å². The lowest BCUT2D eigenvalue weighted by Gasteiger charge is -2.16. The van der Waals surface area contributed by atoms with Crippen molar-refractivity contribution in [2.45, 2.75) is 53.1 Å². The van der Waals surface area contributed by atoms with Gasteiger partial charge in [-0.3, -0.25) is 4.68 Å². The molecule has 124 valence electrons. The number of nitrogens with zero attached hydrogens (tertiary/aromatic N) is 3. The zero-order valence-corrected chi connectivity index (χ0v) is 14.2. The third-order valence-corrected chi connectivity index (χ3v) is 4.44. The van der Waals surface area contributed by atoms with E-state index in [1.807, 2.05) is 6.92 Å². The first-order valence-corrected chi connectivity index (χ1v) is 8.18. The minimum Gasteiger partial charge on any atom is -0.450 e. The Labute approximate surface area is 132 Å². The van der Waals surface area contributed by atoms with Gasteiger partial charge in [0, 0.05) is 31.4 Å². The monoisotopic (exact) mass is 308 g/mol. The molecule has 1 aliphatic heterocycles. The quantitative estimate of drug-likeness (QED) is 0.817. The molecule has 1 aliphatic rings. The predicted molar refractivity (Wildman–Crippen MR) is 86.1 cm³/mol. The summed E-state index contributed by atoms with van der Waals surface area (Å²) < 4.78 is 7.12. The molecule has 0 aliphatic carbocycles. The van der Waals surface area contributed by atoms with Crippen molar-refractivity contribution in [2.24, 2.45) is 0 Å². The van der Waals surface area contributed by atoms with Crippen molar-refractivity contribution in [1.29, 1.82) is 0 Å². The Kier molecular flexibility index (Phi) is 5.83. The number of carbonyl (C=O) groups is 1. The van der Waals surface area contributed by atoms with Gasteiger partial charge >= 0.3 is 6.09 Å². The van der Waals surface area contributed by atoms with Gasteiger partial charge in [0.1, 0.15) is 0 Å². The Bertz CT molecular complexity index is 512. The number of amides is 1. The summed E-state index contributed by atoms with van der Waals surface area (Å²) >= 11 is 0. The summed E-state index contributed by atoms with van der Waals surface area (Å²) in [5.41, 5.74) is 3.66. The number of likely N-dealkylation sites (tertiary alicyclic amines) is 1. The molecule has 1 aromatic heterocycles. The van der Waals surface area contributed by atoms with Crippen LogP contribution in [0.4, 0.5) is 4.79 Å². The molecule has 1 N–H and O–H groups in total. The van der Waals surface area contributed by atoms with E-state index in [1.165, 1.54) is 11.3 Å². The molecular weight excluding hydrogens is 280 g/mol. The van der Waals surface area contributed by atoms with Gasteiger partial charge in [-0.25, -0.2) is 4.79 Å². The third kappa shape index (κ3) is 4.00. The van der Waals surface area contributed by atoms with Gasteiger partial charge in [0.15, 0.2) is 0 Å². The molecule has 0 radical (unpaired) electrons. The molecule has 0 spiro atoms. The first-order valence-electron chi connectivity index (χ1n) is 8.18. The summed E-state index contributed by atoms with van der Waals surface area (Å²) in [6, 6.07) is 0.381. The second-order valence-corrected chi connectivity index (χ2v) is 5.96. The highest BCUT2D eigenvalue weighted by molar-refractivity contribution is 5.68. The van der Waals surface area contributed by atoms with Crippen LogP contribution in [-0.4, -0.2) is 53.1 Å². The number of ether oxygens (including phenoxy) is 1. The second-order valence-electron chi connectivity index (χ2n) is 5.96. The van der Waals surface area contributed by atoms with E-state index >= 15 is 0 Å². The lowest BCUT2D eigenvalue weighted by molar-refractivity contribution is 0.115. The van der Waals surface area contributed by atoms with Gasteiger partial charge in [0.25, 0.3) is 0 Å². The number of hydrogen-bond acceptors (Lipinski definition) is 4. The van der Waals surface area contributed by atoms with Gasteiger partial charge in [-0.15, -0.1) is 0 Å². The highest BCUT2D eigenvalue weighted by Crippen LogP contribution is 2.12. The Hall–Kier alpha value is -1.56. The first-order chi connectivity index (χ1) is 10.5. The van der Waals surface area contributed by atoms with Crippen molar-refractivity contribution in [3.05, 3.63) is 17.0 Å². The Balaban J connectivity index is 1.67. The van der Waals surface area contributed by atoms with Crippen LogP contribution in [-0.2, 0) is 11.3 Å². The van der Waals surface area contributed by atoms with Crippen molar-refractivity contribution < 1.29 is 9.53 Å². The second kappa shape index (κ2) is 7.63. The van der Waals surface area contributed by atoms with Crippen molar-refractivity contribution in [3.63, 3.8) is 0 Å². The molecule has 1 fully saturated rings. The van der Waals surface area contributed by atoms with Gasteiger partial charge in [0.2, 0.25) is 0 Å². The van der Waals surface area contributed by atoms with Crippen molar-refractivity contribution in [1.82, 2.24) is 20.0 Å². The molecule has 6 nitrogen and oxygen atoms in total. The van der Waals surface area contributed by atoms with Crippen LogP contribution in [0.15, 0.2) is 0 Å². The normalized spacial score (nSPS) is 18.0. The maximum Gasteiger partial charge on any atom is 0.409 e. The Morgan fingerprint density at radius 3 is 2.82 bits per heavy atom. The molecule has 2 rings (SSSR count). The molecule has 0 aromatic carbocycles. The summed E-state index contributed by atoms with van der Waals surface area (Å²) in [6.45, 7) is 12.0. The number of aryl methyl sites for hydroxylation is 2. The van der Waals surface area contributed by atoms with Crippen LogP contribution < -0.4 is 5.32 Å². The third-order valence-electron chi connectivity index (χ3n) is 4.44. The molecule has 1 amide bonds. The average molecular weight is 308 g/mol. The molecule has 0 bridgehead atoms. The van der Waals surface area contributed by atoms with Crippen molar-refractivity contribution >= 4 is 6.09 Å². The average Bonchev–Trinajstić information content (AvgIpc) is 3.05. The van der Waals surface area contributed by atoms with E-state index < -0.39 is 0 Å². The molecule has 2 heterocycles. The minimum absolute atomic E-state index is 0.190. The Morgan fingerprint density at radius 1 is 1.41 bits per heavy atom. The first kappa shape index (κ1) is 16.8. The summed E-state index contributed by atoms with van der Waals surface area (Å²) in [4.78, 5) is 13.4. The zero-order chi connectivity index (χ0) is 16.1. The number of carbonyl (C=O) groups excluding carboxylic acids is 1. The summed E-state index contributed by atoms with van der Waals surface area (Å²) in [7, 11) is 0. The van der Waals surface area contributed by atoms with E-state index in [4.69, 9.17) is 4.74 Å². The zero-order valence-electron chi connectivity index (χ0n) is 14.2. The van der Waals surface area contributed by atoms with Crippen molar-refractivity contribution in [2.75, 3.05) is 26.2 Å². The molecule has 6 heteroatoms. The number of rotatable bonds is 6. The fraction of sp³-hybridized carbons (Fsp3) is 0.750. The molecule has 22 heavy (non-hydrogen) atoms. The molecule has 1 saturated heterocycles.